The smallest absolute Gasteiger partial charge is 0.154 e. The molecule has 0 fully saturated rings. The summed E-state index contributed by atoms with van der Waals surface area (Å²) in [6.45, 7) is 0.585. The molecular weight excluding hydrogens is 633 g/mol. The van der Waals surface area contributed by atoms with E-state index in [0.29, 0.717) is 18.1 Å². The first-order valence-corrected chi connectivity index (χ1v) is 17.5. The molecule has 7 aromatic carbocycles. The first kappa shape index (κ1) is 33.7. The van der Waals surface area contributed by atoms with Crippen LogP contribution in [0.25, 0.3) is 33.2 Å². The second-order valence-electron chi connectivity index (χ2n) is 12.6. The van der Waals surface area contributed by atoms with E-state index in [1.54, 1.807) is 0 Å². The number of aliphatic imine (C=N–C) groups is 1. The highest BCUT2D eigenvalue weighted by molar-refractivity contribution is 6.16. The van der Waals surface area contributed by atoms with Crippen molar-refractivity contribution >= 4 is 33.7 Å². The van der Waals surface area contributed by atoms with E-state index < -0.39 is 0 Å². The molecule has 0 unspecified atom stereocenters. The van der Waals surface area contributed by atoms with Crippen LogP contribution in [0.3, 0.4) is 0 Å². The molecule has 252 valence electrons. The molecule has 0 heterocycles. The number of benzene rings is 7. The Bertz CT molecular complexity index is 2360. The van der Waals surface area contributed by atoms with Crippen molar-refractivity contribution in [3.8, 4) is 11.1 Å². The number of amidine groups is 2. The first-order chi connectivity index (χ1) is 25.6. The molecule has 4 N–H and O–H groups in total. The zero-order valence-corrected chi connectivity index (χ0v) is 28.9. The van der Waals surface area contributed by atoms with Crippen molar-refractivity contribution in [3.63, 3.8) is 0 Å². The van der Waals surface area contributed by atoms with Crippen LogP contribution in [-0.4, -0.2) is 11.7 Å². The quantitative estimate of drug-likeness (QED) is 0.0768. The molecule has 4 heteroatoms. The highest BCUT2D eigenvalue weighted by Gasteiger charge is 2.12. The average Bonchev–Trinajstić information content (AvgIpc) is 3.22. The zero-order valence-electron chi connectivity index (χ0n) is 28.9. The summed E-state index contributed by atoms with van der Waals surface area (Å²) in [5.74, 6) is 0.860. The Hall–Kier alpha value is -6.78. The molecule has 0 spiro atoms. The largest absolute Gasteiger partial charge is 0.398 e. The maximum Gasteiger partial charge on any atom is 0.154 e. The van der Waals surface area contributed by atoms with Gasteiger partial charge in [0.1, 0.15) is 5.84 Å². The Morgan fingerprint density at radius 1 is 0.577 bits per heavy atom. The van der Waals surface area contributed by atoms with Crippen LogP contribution in [0.2, 0.25) is 0 Å². The minimum absolute atomic E-state index is 0.205. The number of nitrogens with two attached hydrogens (primary N) is 1. The van der Waals surface area contributed by atoms with E-state index in [2.05, 4.69) is 133 Å². The van der Waals surface area contributed by atoms with Crippen molar-refractivity contribution in [3.05, 3.63) is 228 Å². The summed E-state index contributed by atoms with van der Waals surface area (Å²) in [6.07, 6.45) is 5.14. The van der Waals surface area contributed by atoms with Gasteiger partial charge in [0.2, 0.25) is 0 Å². The fourth-order valence-corrected chi connectivity index (χ4v) is 6.25. The molecule has 7 aromatic rings. The lowest BCUT2D eigenvalue weighted by Gasteiger charge is -2.15. The number of nitrogens with one attached hydrogen (secondary N) is 2. The van der Waals surface area contributed by atoms with Crippen molar-refractivity contribution in [1.29, 1.82) is 5.41 Å². The van der Waals surface area contributed by atoms with Gasteiger partial charge in [0, 0.05) is 23.4 Å². The van der Waals surface area contributed by atoms with Crippen molar-refractivity contribution in [1.82, 2.24) is 5.32 Å². The van der Waals surface area contributed by atoms with Gasteiger partial charge in [-0.05, 0) is 68.3 Å². The van der Waals surface area contributed by atoms with Gasteiger partial charge in [-0.15, -0.1) is 0 Å². The first-order valence-electron chi connectivity index (χ1n) is 17.5. The van der Waals surface area contributed by atoms with E-state index in [4.69, 9.17) is 16.1 Å². The Balaban J connectivity index is 1.20. The standard InChI is InChI=1S/C48H40N4/c49-46(33-43(37-18-9-3-10-19-37)25-24-35-14-5-1-6-15-35)40-29-26-38(27-30-40)42-31-28-39-22-13-23-44(45(39)32-42)48(51-34-36-16-7-2-8-17-36)52-47(50)41-20-11-4-12-21-41/h1-23,25-33H,24,34,49H2,(H2,50,51,52)/b43-25+,46-33-. The van der Waals surface area contributed by atoms with Gasteiger partial charge in [0.05, 0.1) is 0 Å². The number of hydrogen-bond acceptors (Lipinski definition) is 2. The van der Waals surface area contributed by atoms with Crippen molar-refractivity contribution < 1.29 is 0 Å². The van der Waals surface area contributed by atoms with Gasteiger partial charge in [-0.2, -0.15) is 0 Å². The van der Waals surface area contributed by atoms with Crippen LogP contribution in [0.4, 0.5) is 0 Å². The summed E-state index contributed by atoms with van der Waals surface area (Å²) in [6, 6.07) is 61.9. The molecule has 4 nitrogen and oxygen atoms in total. The highest BCUT2D eigenvalue weighted by Crippen LogP contribution is 2.29. The third-order valence-electron chi connectivity index (χ3n) is 9.08. The number of allylic oxidation sites excluding steroid dienone is 3. The molecular formula is C48H40N4. The summed E-state index contributed by atoms with van der Waals surface area (Å²) in [4.78, 5) is 4.86. The van der Waals surface area contributed by atoms with Crippen LogP contribution in [0.5, 0.6) is 0 Å². The average molecular weight is 673 g/mol. The second kappa shape index (κ2) is 16.3. The van der Waals surface area contributed by atoms with Crippen LogP contribution in [-0.2, 0) is 13.0 Å². The van der Waals surface area contributed by atoms with Crippen LogP contribution >= 0.6 is 0 Å². The van der Waals surface area contributed by atoms with E-state index in [1.165, 1.54) is 5.56 Å². The third-order valence-corrected chi connectivity index (χ3v) is 9.08. The van der Waals surface area contributed by atoms with Crippen LogP contribution < -0.4 is 11.1 Å². The fraction of sp³-hybridized carbons (Fsp3) is 0.0417. The molecule has 52 heavy (non-hydrogen) atoms. The van der Waals surface area contributed by atoms with Gasteiger partial charge >= 0.3 is 0 Å². The zero-order chi connectivity index (χ0) is 35.5. The molecule has 0 atom stereocenters. The molecule has 0 aliphatic heterocycles. The highest BCUT2D eigenvalue weighted by atomic mass is 15.0. The molecule has 7 rings (SSSR count). The van der Waals surface area contributed by atoms with Gasteiger partial charge in [0.15, 0.2) is 5.84 Å². The molecule has 0 aromatic heterocycles. The Labute approximate surface area is 305 Å². The van der Waals surface area contributed by atoms with Gasteiger partial charge in [0.25, 0.3) is 0 Å². The van der Waals surface area contributed by atoms with E-state index in [-0.39, 0.29) is 5.84 Å². The van der Waals surface area contributed by atoms with Crippen molar-refractivity contribution in [2.45, 2.75) is 13.0 Å². The molecule has 0 aliphatic rings. The lowest BCUT2D eigenvalue weighted by molar-refractivity contribution is 0.916. The summed E-state index contributed by atoms with van der Waals surface area (Å²) in [7, 11) is 0. The second-order valence-corrected chi connectivity index (χ2v) is 12.6. The fourth-order valence-electron chi connectivity index (χ4n) is 6.25. The number of hydrogen-bond donors (Lipinski definition) is 3. The minimum Gasteiger partial charge on any atom is -0.398 e. The lowest BCUT2D eigenvalue weighted by atomic mass is 9.96. The van der Waals surface area contributed by atoms with Gasteiger partial charge in [-0.25, -0.2) is 4.99 Å². The normalized spacial score (nSPS) is 12.1. The van der Waals surface area contributed by atoms with E-state index in [1.807, 2.05) is 66.7 Å². The van der Waals surface area contributed by atoms with Crippen LogP contribution in [0.1, 0.15) is 33.4 Å². The number of rotatable bonds is 10. The van der Waals surface area contributed by atoms with Gasteiger partial charge in [-0.1, -0.05) is 182 Å². The Morgan fingerprint density at radius 3 is 1.85 bits per heavy atom. The molecule has 0 amide bonds. The van der Waals surface area contributed by atoms with Crippen LogP contribution in [0, 0.1) is 5.41 Å². The lowest BCUT2D eigenvalue weighted by Crippen LogP contribution is -2.25. The Morgan fingerprint density at radius 2 is 1.17 bits per heavy atom. The summed E-state index contributed by atoms with van der Waals surface area (Å²) in [5, 5.41) is 14.5. The SMILES string of the molecule is N=C(N=C(NCc1ccccc1)c1cccc2ccc(-c3ccc(/C(N)=C/C(=C\Cc4ccccc4)c4ccccc4)cc3)cc12)c1ccccc1. The molecule has 0 bridgehead atoms. The van der Waals surface area contributed by atoms with Gasteiger partial charge in [-0.3, -0.25) is 5.41 Å². The van der Waals surface area contributed by atoms with Crippen LogP contribution in [0.15, 0.2) is 199 Å². The van der Waals surface area contributed by atoms with Crippen molar-refractivity contribution in [2.75, 3.05) is 0 Å². The maximum absolute atomic E-state index is 8.84. The van der Waals surface area contributed by atoms with E-state index in [9.17, 15) is 0 Å². The number of fused-ring (bicyclic) bond motifs is 1. The predicted octanol–water partition coefficient (Wildman–Crippen LogP) is 10.7. The topological polar surface area (TPSA) is 74.3 Å². The van der Waals surface area contributed by atoms with E-state index in [0.717, 1.165) is 61.7 Å². The Kier molecular flexibility index (Phi) is 10.6. The van der Waals surface area contributed by atoms with Gasteiger partial charge < -0.3 is 11.1 Å². The van der Waals surface area contributed by atoms with Crippen molar-refractivity contribution in [2.24, 2.45) is 10.7 Å². The monoisotopic (exact) mass is 672 g/mol. The molecule has 0 saturated heterocycles. The molecule has 0 saturated carbocycles. The summed E-state index contributed by atoms with van der Waals surface area (Å²) in [5.41, 5.74) is 16.9. The molecule has 0 aliphatic carbocycles. The third kappa shape index (κ3) is 8.32. The molecule has 0 radical (unpaired) electrons. The maximum atomic E-state index is 8.84. The number of nitrogens with zero attached hydrogens (tertiary/aromatic N) is 1. The minimum atomic E-state index is 0.205. The summed E-state index contributed by atoms with van der Waals surface area (Å²) < 4.78 is 0. The van der Waals surface area contributed by atoms with E-state index >= 15 is 0 Å². The summed E-state index contributed by atoms with van der Waals surface area (Å²) >= 11 is 0. The predicted molar refractivity (Wildman–Crippen MR) is 219 cm³/mol.